The van der Waals surface area contributed by atoms with E-state index in [1.807, 2.05) is 0 Å². The first-order chi connectivity index (χ1) is 20.4. The highest BCUT2D eigenvalue weighted by Gasteiger charge is 2.64. The Kier molecular flexibility index (Phi) is 6.65. The summed E-state index contributed by atoms with van der Waals surface area (Å²) in [6, 6.07) is 4.06. The number of methoxy groups -OCH3 is 1. The van der Waals surface area contributed by atoms with E-state index in [9.17, 15) is 65.4 Å². The van der Waals surface area contributed by atoms with Crippen LogP contribution < -0.4 is 20.3 Å². The number of hydrogen-bond acceptors (Lipinski definition) is 15. The summed E-state index contributed by atoms with van der Waals surface area (Å²) in [6.07, 6.45) is -0.0219. The number of anilines is 2. The Morgan fingerprint density at radius 2 is 1.41 bits per heavy atom. The van der Waals surface area contributed by atoms with Crippen molar-refractivity contribution >= 4 is 29.1 Å². The molecule has 2 aliphatic heterocycles. The van der Waals surface area contributed by atoms with Crippen LogP contribution in [0.2, 0.25) is 0 Å². The molecule has 0 aliphatic carbocycles. The molecule has 2 aromatic carbocycles. The maximum atomic E-state index is 13.9. The molecule has 3 heterocycles. The van der Waals surface area contributed by atoms with E-state index in [0.29, 0.717) is 4.90 Å². The van der Waals surface area contributed by atoms with Crippen molar-refractivity contribution in [2.75, 3.05) is 16.9 Å². The zero-order valence-corrected chi connectivity index (χ0v) is 22.4. The largest absolute Gasteiger partial charge is 0.503 e. The van der Waals surface area contributed by atoms with Crippen molar-refractivity contribution < 1.29 is 70.2 Å². The lowest BCUT2D eigenvalue weighted by molar-refractivity contribution is -0.363. The number of benzene rings is 2. The fourth-order valence-corrected chi connectivity index (χ4v) is 5.21. The number of aromatic nitrogens is 2. The number of nitrogens with zero attached hydrogens (tertiary/aromatic N) is 4. The Hall–Kier alpha value is -5.18. The molecule has 0 atom stereocenters. The molecule has 1 saturated heterocycles. The fraction of sp³-hybridized carbons (Fsp3) is 0.280. The lowest BCUT2D eigenvalue weighted by Gasteiger charge is -2.45. The van der Waals surface area contributed by atoms with Gasteiger partial charge in [0.2, 0.25) is 23.2 Å². The number of rotatable bonds is 5. The van der Waals surface area contributed by atoms with Crippen LogP contribution in [0.1, 0.15) is 45.8 Å². The zero-order chi connectivity index (χ0) is 32.7. The molecule has 3 amide bonds. The second kappa shape index (κ2) is 9.67. The number of aliphatic hydroxyl groups is 6. The summed E-state index contributed by atoms with van der Waals surface area (Å²) in [5, 5.41) is 110. The van der Waals surface area contributed by atoms with Crippen LogP contribution in [0.5, 0.6) is 28.7 Å². The normalized spacial score (nSPS) is 18.7. The van der Waals surface area contributed by atoms with E-state index in [1.54, 1.807) is 0 Å². The molecule has 0 spiro atoms. The highest BCUT2D eigenvalue weighted by Crippen LogP contribution is 2.54. The average molecular weight is 619 g/mol. The van der Waals surface area contributed by atoms with Gasteiger partial charge in [-0.25, -0.2) is 9.58 Å². The van der Waals surface area contributed by atoms with Crippen LogP contribution in [0.15, 0.2) is 24.3 Å². The van der Waals surface area contributed by atoms with Gasteiger partial charge in [0.05, 0.1) is 12.7 Å². The van der Waals surface area contributed by atoms with E-state index in [2.05, 4.69) is 5.10 Å². The van der Waals surface area contributed by atoms with Gasteiger partial charge in [0, 0.05) is 24.2 Å². The highest BCUT2D eigenvalue weighted by molar-refractivity contribution is 6.11. The van der Waals surface area contributed by atoms with Gasteiger partial charge in [0.15, 0.2) is 22.9 Å². The molecule has 44 heavy (non-hydrogen) atoms. The quantitative estimate of drug-likeness (QED) is 0.0792. The average Bonchev–Trinajstić information content (AvgIpc) is 3.34. The first-order valence-corrected chi connectivity index (χ1v) is 12.5. The number of phenols is 4. The molecule has 0 radical (unpaired) electrons. The summed E-state index contributed by atoms with van der Waals surface area (Å²) >= 11 is 0. The summed E-state index contributed by atoms with van der Waals surface area (Å²) in [5.74, 6) is -20.1. The summed E-state index contributed by atoms with van der Waals surface area (Å²) in [6.45, 7) is 0. The van der Waals surface area contributed by atoms with E-state index in [1.165, 1.54) is 0 Å². The Morgan fingerprint density at radius 1 is 0.886 bits per heavy atom. The summed E-state index contributed by atoms with van der Waals surface area (Å²) in [4.78, 5) is 39.2. The van der Waals surface area contributed by atoms with Gasteiger partial charge in [0.25, 0.3) is 23.5 Å². The first-order valence-electron chi connectivity index (χ1n) is 12.5. The molecule has 0 bridgehead atoms. The number of aromatic hydroxyl groups is 4. The van der Waals surface area contributed by atoms with E-state index in [0.717, 1.165) is 31.4 Å². The van der Waals surface area contributed by atoms with Gasteiger partial charge in [-0.2, -0.15) is 5.10 Å². The third-order valence-corrected chi connectivity index (χ3v) is 7.27. The van der Waals surface area contributed by atoms with Crippen LogP contribution in [-0.2, 0) is 10.6 Å². The Balaban J connectivity index is 1.74. The van der Waals surface area contributed by atoms with E-state index >= 15 is 0 Å². The van der Waals surface area contributed by atoms with Crippen LogP contribution in [0.3, 0.4) is 0 Å². The van der Waals surface area contributed by atoms with Crippen molar-refractivity contribution in [2.45, 2.75) is 36.9 Å². The molecular weight excluding hydrogens is 594 g/mol. The number of carbonyl (C=O) groups excluding carboxylic acids is 3. The number of hydrogen-bond donors (Lipinski definition) is 11. The predicted octanol–water partition coefficient (Wildman–Crippen LogP) is -2.61. The Labute approximate surface area is 244 Å². The second-order valence-electron chi connectivity index (χ2n) is 9.95. The van der Waals surface area contributed by atoms with Crippen LogP contribution in [0, 0.1) is 0 Å². The van der Waals surface area contributed by atoms with E-state index in [-0.39, 0.29) is 34.5 Å². The van der Waals surface area contributed by atoms with Crippen molar-refractivity contribution in [1.29, 1.82) is 0 Å². The third kappa shape index (κ3) is 3.99. The minimum Gasteiger partial charge on any atom is -0.503 e. The molecule has 2 aliphatic rings. The SMILES string of the molecule is COc1c(O)c(O)c(-n2nc(C(N)=O)c3c2C(=O)N(c2ccc(N4C(=O)CCCC4(O)O)cc2)C(O)(O)C3(O)O)c(O)c1O. The number of phenolic OH excluding ortho intramolecular Hbond substituents is 4. The topological polar surface area (TPSA) is 313 Å². The van der Waals surface area contributed by atoms with Crippen LogP contribution >= 0.6 is 0 Å². The minimum atomic E-state index is -4.00. The second-order valence-corrected chi connectivity index (χ2v) is 9.95. The fourth-order valence-electron chi connectivity index (χ4n) is 5.21. The molecule has 5 rings (SSSR count). The molecule has 19 heteroatoms. The van der Waals surface area contributed by atoms with Gasteiger partial charge >= 0.3 is 5.91 Å². The smallest absolute Gasteiger partial charge is 0.315 e. The molecule has 1 fully saturated rings. The van der Waals surface area contributed by atoms with Crippen molar-refractivity contribution in [3.05, 3.63) is 41.2 Å². The van der Waals surface area contributed by atoms with Gasteiger partial charge < -0.3 is 61.5 Å². The Bertz CT molecular complexity index is 1700. The monoisotopic (exact) mass is 619 g/mol. The molecule has 19 nitrogen and oxygen atoms in total. The highest BCUT2D eigenvalue weighted by atomic mass is 16.6. The number of carbonyl (C=O) groups is 3. The van der Waals surface area contributed by atoms with Gasteiger partial charge in [0.1, 0.15) is 5.69 Å². The van der Waals surface area contributed by atoms with Gasteiger partial charge in [-0.15, -0.1) is 0 Å². The molecule has 234 valence electrons. The number of amides is 3. The van der Waals surface area contributed by atoms with Crippen molar-refractivity contribution in [3.63, 3.8) is 0 Å². The lowest BCUT2D eigenvalue weighted by atomic mass is 9.92. The van der Waals surface area contributed by atoms with Gasteiger partial charge in [-0.1, -0.05) is 0 Å². The van der Waals surface area contributed by atoms with Crippen LogP contribution in [-0.4, -0.2) is 97.5 Å². The number of fused-ring (bicyclic) bond motifs is 1. The van der Waals surface area contributed by atoms with E-state index < -0.39 is 92.4 Å². The molecular formula is C25H25N5O14. The summed E-state index contributed by atoms with van der Waals surface area (Å²) in [7, 11) is 0.956. The van der Waals surface area contributed by atoms with E-state index in [4.69, 9.17) is 10.5 Å². The number of piperidine rings is 1. The Morgan fingerprint density at radius 3 is 1.89 bits per heavy atom. The van der Waals surface area contributed by atoms with Gasteiger partial charge in [-0.05, 0) is 30.7 Å². The van der Waals surface area contributed by atoms with Crippen LogP contribution in [0.25, 0.3) is 5.69 Å². The minimum absolute atomic E-state index is 0.0113. The standard InChI is InChI=1S/C25H25N5O14/c1-44-20-18(34)16(32)15(17(33)19(20)35)30-14-12(13(27-30)21(26)36)24(40,41)25(42,43)29(22(14)37)10-6-4-9(5-7-10)28-11(31)3-2-8-23(28,38)39/h4-7,32-35,38-43H,2-3,8H2,1H3,(H2,26,36). The molecule has 0 unspecified atom stereocenters. The summed E-state index contributed by atoms with van der Waals surface area (Å²) < 4.78 is 4.90. The first kappa shape index (κ1) is 30.3. The van der Waals surface area contributed by atoms with Crippen LogP contribution in [0.4, 0.5) is 11.4 Å². The number of ether oxygens (including phenoxy) is 1. The third-order valence-electron chi connectivity index (χ3n) is 7.27. The molecule has 1 aromatic heterocycles. The van der Waals surface area contributed by atoms with Gasteiger partial charge in [-0.3, -0.25) is 19.3 Å². The molecule has 12 N–H and O–H groups in total. The molecule has 3 aromatic rings. The lowest BCUT2D eigenvalue weighted by Crippen LogP contribution is -2.68. The van der Waals surface area contributed by atoms with Crippen molar-refractivity contribution in [1.82, 2.24) is 9.78 Å². The van der Waals surface area contributed by atoms with Crippen molar-refractivity contribution in [3.8, 4) is 34.4 Å². The number of nitrogens with two attached hydrogens (primary N) is 1. The maximum Gasteiger partial charge on any atom is 0.315 e. The predicted molar refractivity (Wildman–Crippen MR) is 140 cm³/mol. The maximum absolute atomic E-state index is 13.9. The molecule has 0 saturated carbocycles. The number of primary amides is 1. The van der Waals surface area contributed by atoms with Crippen molar-refractivity contribution in [2.24, 2.45) is 5.73 Å². The zero-order valence-electron chi connectivity index (χ0n) is 22.4. The summed E-state index contributed by atoms with van der Waals surface area (Å²) in [5.41, 5.74) is -0.0237.